The maximum absolute atomic E-state index is 11.2. The SMILES string of the molecule is COC[C@H]1OC[C@@](O)(n2c(C)nc3c(C)n[c-]nc32)C1OC.[Y]. The van der Waals surface area contributed by atoms with Crippen LogP contribution in [0.5, 0.6) is 0 Å². The van der Waals surface area contributed by atoms with Gasteiger partial charge in [-0.1, -0.05) is 6.92 Å². The fourth-order valence-electron chi connectivity index (χ4n) is 3.06. The summed E-state index contributed by atoms with van der Waals surface area (Å²) < 4.78 is 17.9. The number of aryl methyl sites for hydroxylation is 2. The van der Waals surface area contributed by atoms with Crippen molar-refractivity contribution >= 4 is 11.2 Å². The first kappa shape index (κ1) is 18.8. The number of methoxy groups -OCH3 is 2. The summed E-state index contributed by atoms with van der Waals surface area (Å²) >= 11 is 0. The monoisotopic (exact) mass is 396 g/mol. The largest absolute Gasteiger partial charge is 0.382 e. The Balaban J connectivity index is 0.00000192. The Labute approximate surface area is 159 Å². The second-order valence-corrected chi connectivity index (χ2v) is 5.42. The Morgan fingerprint density at radius 1 is 1.39 bits per heavy atom. The van der Waals surface area contributed by atoms with Gasteiger partial charge in [-0.3, -0.25) is 4.98 Å². The molecule has 1 fully saturated rings. The zero-order valence-corrected chi connectivity index (χ0v) is 16.4. The van der Waals surface area contributed by atoms with Gasteiger partial charge in [-0.15, -0.1) is 0 Å². The van der Waals surface area contributed by atoms with Crippen LogP contribution in [0.2, 0.25) is 0 Å². The Morgan fingerprint density at radius 3 is 2.78 bits per heavy atom. The molecule has 0 aliphatic carbocycles. The summed E-state index contributed by atoms with van der Waals surface area (Å²) in [6, 6.07) is 0. The third kappa shape index (κ3) is 2.96. The quantitative estimate of drug-likeness (QED) is 0.725. The van der Waals surface area contributed by atoms with Crippen molar-refractivity contribution < 1.29 is 52.0 Å². The van der Waals surface area contributed by atoms with Gasteiger partial charge in [0.1, 0.15) is 12.2 Å². The van der Waals surface area contributed by atoms with Gasteiger partial charge in [0.15, 0.2) is 5.72 Å². The molecule has 1 unspecified atom stereocenters. The van der Waals surface area contributed by atoms with Crippen molar-refractivity contribution in [2.45, 2.75) is 31.8 Å². The zero-order valence-electron chi connectivity index (χ0n) is 13.6. The van der Waals surface area contributed by atoms with Crippen molar-refractivity contribution in [3.8, 4) is 0 Å². The van der Waals surface area contributed by atoms with Gasteiger partial charge in [0, 0.05) is 58.8 Å². The van der Waals surface area contributed by atoms with Crippen LogP contribution in [0.4, 0.5) is 0 Å². The van der Waals surface area contributed by atoms with E-state index in [1.54, 1.807) is 18.6 Å². The summed E-state index contributed by atoms with van der Waals surface area (Å²) in [5, 5.41) is 11.2. The Morgan fingerprint density at radius 2 is 2.13 bits per heavy atom. The van der Waals surface area contributed by atoms with Crippen LogP contribution >= 0.6 is 0 Å². The van der Waals surface area contributed by atoms with E-state index in [0.717, 1.165) is 0 Å². The molecular weight excluding hydrogens is 377 g/mol. The third-order valence-corrected chi connectivity index (χ3v) is 4.01. The van der Waals surface area contributed by atoms with E-state index in [2.05, 4.69) is 21.3 Å². The predicted molar refractivity (Wildman–Crippen MR) is 76.2 cm³/mol. The van der Waals surface area contributed by atoms with E-state index in [0.29, 0.717) is 29.3 Å². The molecule has 0 amide bonds. The molecule has 3 atom stereocenters. The fraction of sp³-hybridized carbons (Fsp3) is 0.643. The number of fused-ring (bicyclic) bond motifs is 1. The van der Waals surface area contributed by atoms with Gasteiger partial charge in [-0.2, -0.15) is 0 Å². The van der Waals surface area contributed by atoms with Gasteiger partial charge in [-0.05, 0) is 12.6 Å². The van der Waals surface area contributed by atoms with E-state index in [4.69, 9.17) is 14.2 Å². The van der Waals surface area contributed by atoms with Gasteiger partial charge >= 0.3 is 0 Å². The smallest absolute Gasteiger partial charge is 0.187 e. The number of aliphatic hydroxyl groups is 1. The van der Waals surface area contributed by atoms with Crippen LogP contribution in [0.1, 0.15) is 11.5 Å². The van der Waals surface area contributed by atoms with Crippen molar-refractivity contribution in [2.75, 3.05) is 27.4 Å². The molecule has 1 aliphatic heterocycles. The van der Waals surface area contributed by atoms with Gasteiger partial charge in [0.2, 0.25) is 0 Å². The van der Waals surface area contributed by atoms with E-state index in [1.165, 1.54) is 7.11 Å². The van der Waals surface area contributed by atoms with Gasteiger partial charge < -0.3 is 33.9 Å². The summed E-state index contributed by atoms with van der Waals surface area (Å²) in [5.41, 5.74) is 0.438. The number of imidazole rings is 1. The second kappa shape index (κ2) is 7.17. The van der Waals surface area contributed by atoms with Crippen LogP contribution in [0.3, 0.4) is 0 Å². The van der Waals surface area contributed by atoms with Crippen molar-refractivity contribution in [3.05, 3.63) is 17.8 Å². The van der Waals surface area contributed by atoms with Crippen LogP contribution in [0, 0.1) is 20.2 Å². The molecule has 8 nitrogen and oxygen atoms in total. The maximum Gasteiger partial charge on any atom is 0.187 e. The van der Waals surface area contributed by atoms with Gasteiger partial charge in [0.25, 0.3) is 0 Å². The average Bonchev–Trinajstić information content (AvgIpc) is 2.98. The molecule has 1 N–H and O–H groups in total. The first-order valence-electron chi connectivity index (χ1n) is 6.99. The minimum absolute atomic E-state index is 0. The normalized spacial score (nSPS) is 27.3. The molecule has 0 aromatic carbocycles. The molecule has 2 aromatic heterocycles. The molecule has 2 aromatic rings. The molecule has 9 heteroatoms. The van der Waals surface area contributed by atoms with Crippen molar-refractivity contribution in [1.29, 1.82) is 0 Å². The molecule has 1 aliphatic rings. The number of hydrogen-bond donors (Lipinski definition) is 1. The van der Waals surface area contributed by atoms with Crippen LogP contribution in [-0.4, -0.2) is 64.3 Å². The molecule has 0 spiro atoms. The molecule has 3 rings (SSSR count). The number of nitrogens with zero attached hydrogens (tertiary/aromatic N) is 4. The minimum atomic E-state index is -1.41. The van der Waals surface area contributed by atoms with Crippen molar-refractivity contribution in [3.63, 3.8) is 0 Å². The Hall–Kier alpha value is -0.506. The molecular formula is C14H19N4O4Y-. The Kier molecular flexibility index (Phi) is 5.87. The summed E-state index contributed by atoms with van der Waals surface area (Å²) in [5.74, 6) is 0.609. The zero-order chi connectivity index (χ0) is 15.9. The molecule has 123 valence electrons. The van der Waals surface area contributed by atoms with E-state index < -0.39 is 11.8 Å². The third-order valence-electron chi connectivity index (χ3n) is 4.01. The number of aromatic nitrogens is 4. The standard InChI is InChI=1S/C14H19N4O4.Y/c1-8-11-13(16-7-15-8)18(9(2)17-11)14(19)6-22-10(5-20-3)12(14)21-4;/h10,12,19H,5-6H2,1-4H3;/q-1;/t10-,12?,14+;/m1./s1. The maximum atomic E-state index is 11.2. The van der Waals surface area contributed by atoms with Crippen LogP contribution < -0.4 is 0 Å². The summed E-state index contributed by atoms with van der Waals surface area (Å²) in [4.78, 5) is 12.6. The van der Waals surface area contributed by atoms with Crippen LogP contribution in [0.25, 0.3) is 11.2 Å². The molecule has 1 radical (unpaired) electrons. The molecule has 1 saturated heterocycles. The number of rotatable bonds is 4. The predicted octanol–water partition coefficient (Wildman–Crippen LogP) is -0.0539. The van der Waals surface area contributed by atoms with Crippen molar-refractivity contribution in [2.24, 2.45) is 0 Å². The van der Waals surface area contributed by atoms with E-state index >= 15 is 0 Å². The van der Waals surface area contributed by atoms with E-state index in [1.807, 2.05) is 6.92 Å². The van der Waals surface area contributed by atoms with E-state index in [9.17, 15) is 5.11 Å². The van der Waals surface area contributed by atoms with Crippen molar-refractivity contribution in [1.82, 2.24) is 19.5 Å². The molecule has 0 bridgehead atoms. The summed E-state index contributed by atoms with van der Waals surface area (Å²) in [6.45, 7) is 4.02. The van der Waals surface area contributed by atoms with Crippen LogP contribution in [0.15, 0.2) is 0 Å². The van der Waals surface area contributed by atoms with Crippen LogP contribution in [-0.2, 0) is 52.6 Å². The molecule has 0 saturated carbocycles. The van der Waals surface area contributed by atoms with Gasteiger partial charge in [-0.25, -0.2) is 0 Å². The summed E-state index contributed by atoms with van der Waals surface area (Å²) in [7, 11) is 3.12. The topological polar surface area (TPSA) is 91.5 Å². The molecule has 23 heavy (non-hydrogen) atoms. The first-order valence-corrected chi connectivity index (χ1v) is 6.99. The second-order valence-electron chi connectivity index (χ2n) is 5.42. The summed E-state index contributed by atoms with van der Waals surface area (Å²) in [6.07, 6.45) is 1.62. The molecule has 3 heterocycles. The van der Waals surface area contributed by atoms with E-state index in [-0.39, 0.29) is 45.4 Å². The first-order chi connectivity index (χ1) is 10.5. The van der Waals surface area contributed by atoms with Gasteiger partial charge in [0.05, 0.1) is 24.7 Å². The number of ether oxygens (including phenoxy) is 3. The Bertz CT molecular complexity index is 695. The fourth-order valence-corrected chi connectivity index (χ4v) is 3.06. The minimum Gasteiger partial charge on any atom is -0.382 e. The number of hydrogen-bond acceptors (Lipinski definition) is 7. The average molecular weight is 396 g/mol.